The van der Waals surface area contributed by atoms with Gasteiger partial charge in [0.05, 0.1) is 18.0 Å². The number of hydrogen-bond acceptors (Lipinski definition) is 6. The first-order valence-electron chi connectivity index (χ1n) is 5.71. The Kier molecular flexibility index (Phi) is 5.54. The van der Waals surface area contributed by atoms with E-state index >= 15 is 0 Å². The van der Waals surface area contributed by atoms with Crippen molar-refractivity contribution in [2.24, 2.45) is 0 Å². The molecule has 0 heterocycles. The van der Waals surface area contributed by atoms with E-state index in [4.69, 9.17) is 5.26 Å². The predicted octanol–water partition coefficient (Wildman–Crippen LogP) is 2.17. The van der Waals surface area contributed by atoms with Crippen LogP contribution in [0.3, 0.4) is 0 Å². The normalized spacial score (nSPS) is 10.0. The number of alkyl halides is 2. The second-order valence-electron chi connectivity index (χ2n) is 3.68. The summed E-state index contributed by atoms with van der Waals surface area (Å²) in [7, 11) is 0. The number of carbonyl (C=O) groups excluding carboxylic acids is 1. The fourth-order valence-electron chi connectivity index (χ4n) is 1.64. The smallest absolute Gasteiger partial charge is 0.387 e. The number of carbonyl (C=O) groups is 1. The lowest BCUT2D eigenvalue weighted by atomic mass is 10.0. The van der Waals surface area contributed by atoms with E-state index in [1.165, 1.54) is 6.07 Å². The van der Waals surface area contributed by atoms with Gasteiger partial charge >= 0.3 is 12.6 Å². The highest BCUT2D eigenvalue weighted by atomic mass is 19.3. The van der Waals surface area contributed by atoms with Crippen molar-refractivity contribution in [3.05, 3.63) is 33.4 Å². The van der Waals surface area contributed by atoms with Crippen molar-refractivity contribution in [1.82, 2.24) is 0 Å². The van der Waals surface area contributed by atoms with Gasteiger partial charge in [-0.05, 0) is 19.1 Å². The number of ether oxygens (including phenoxy) is 2. The molecular weight excluding hydrogens is 290 g/mol. The average molecular weight is 300 g/mol. The van der Waals surface area contributed by atoms with E-state index in [9.17, 15) is 23.7 Å². The summed E-state index contributed by atoms with van der Waals surface area (Å²) in [6.07, 6.45) is -0.451. The molecule has 1 rings (SSSR count). The quantitative estimate of drug-likeness (QED) is 0.453. The van der Waals surface area contributed by atoms with Gasteiger partial charge in [0.2, 0.25) is 0 Å². The number of esters is 1. The number of nitro benzene ring substituents is 1. The summed E-state index contributed by atoms with van der Waals surface area (Å²) < 4.78 is 33.1. The molecule has 0 aromatic heterocycles. The number of hydrogen-bond donors (Lipinski definition) is 0. The Morgan fingerprint density at radius 1 is 1.52 bits per heavy atom. The maximum Gasteiger partial charge on any atom is 0.387 e. The van der Waals surface area contributed by atoms with Crippen LogP contribution in [0.2, 0.25) is 0 Å². The van der Waals surface area contributed by atoms with E-state index in [1.807, 2.05) is 0 Å². The second-order valence-corrected chi connectivity index (χ2v) is 3.68. The van der Waals surface area contributed by atoms with E-state index in [0.29, 0.717) is 0 Å². The molecule has 0 fully saturated rings. The van der Waals surface area contributed by atoms with Gasteiger partial charge in [-0.15, -0.1) is 0 Å². The number of nitriles is 1. The van der Waals surface area contributed by atoms with Crippen molar-refractivity contribution < 1.29 is 28.0 Å². The van der Waals surface area contributed by atoms with Gasteiger partial charge in [-0.2, -0.15) is 14.0 Å². The van der Waals surface area contributed by atoms with Crippen LogP contribution >= 0.6 is 0 Å². The van der Waals surface area contributed by atoms with Crippen LogP contribution in [-0.2, 0) is 16.0 Å². The number of benzene rings is 1. The Morgan fingerprint density at radius 2 is 2.19 bits per heavy atom. The van der Waals surface area contributed by atoms with Gasteiger partial charge in [-0.1, -0.05) is 0 Å². The lowest BCUT2D eigenvalue weighted by Gasteiger charge is -2.09. The first kappa shape index (κ1) is 16.3. The fourth-order valence-corrected chi connectivity index (χ4v) is 1.64. The molecule has 0 radical (unpaired) electrons. The molecule has 0 spiro atoms. The van der Waals surface area contributed by atoms with Gasteiger partial charge in [0.1, 0.15) is 6.07 Å². The molecule has 112 valence electrons. The number of nitrogens with zero attached hydrogens (tertiary/aromatic N) is 2. The third-order valence-corrected chi connectivity index (χ3v) is 2.37. The Morgan fingerprint density at radius 3 is 2.67 bits per heavy atom. The van der Waals surface area contributed by atoms with E-state index in [1.54, 1.807) is 6.92 Å². The van der Waals surface area contributed by atoms with Crippen LogP contribution in [0, 0.1) is 21.4 Å². The van der Waals surface area contributed by atoms with E-state index < -0.39 is 40.9 Å². The molecule has 0 amide bonds. The molecule has 0 N–H and O–H groups in total. The minimum Gasteiger partial charge on any atom is -0.466 e. The van der Waals surface area contributed by atoms with E-state index in [0.717, 1.165) is 12.1 Å². The van der Waals surface area contributed by atoms with Crippen LogP contribution in [0.5, 0.6) is 5.75 Å². The molecule has 9 heteroatoms. The highest BCUT2D eigenvalue weighted by Gasteiger charge is 2.27. The standard InChI is InChI=1S/C12H10F2N2O5/c1-2-20-10(17)5-7-3-4-9(21-12(13)14)8(6-15)11(7)16(18)19/h3-4,12H,2,5H2,1H3. The Bertz CT molecular complexity index is 598. The molecule has 0 bridgehead atoms. The van der Waals surface area contributed by atoms with Crippen molar-refractivity contribution in [2.75, 3.05) is 6.61 Å². The maximum atomic E-state index is 12.2. The van der Waals surface area contributed by atoms with Crippen molar-refractivity contribution in [1.29, 1.82) is 5.26 Å². The van der Waals surface area contributed by atoms with Gasteiger partial charge in [0.25, 0.3) is 5.69 Å². The third-order valence-electron chi connectivity index (χ3n) is 2.37. The molecular formula is C12H10F2N2O5. The van der Waals surface area contributed by atoms with E-state index in [2.05, 4.69) is 9.47 Å². The topological polar surface area (TPSA) is 102 Å². The zero-order valence-electron chi connectivity index (χ0n) is 10.8. The average Bonchev–Trinajstić information content (AvgIpc) is 2.39. The van der Waals surface area contributed by atoms with Crippen molar-refractivity contribution in [3.8, 4) is 11.8 Å². The molecule has 0 aliphatic heterocycles. The molecule has 0 unspecified atom stereocenters. The molecule has 21 heavy (non-hydrogen) atoms. The van der Waals surface area contributed by atoms with Gasteiger partial charge in [-0.25, -0.2) is 0 Å². The molecule has 1 aromatic rings. The SMILES string of the molecule is CCOC(=O)Cc1ccc(OC(F)F)c(C#N)c1[N+](=O)[O-]. The molecule has 0 aliphatic rings. The molecule has 0 saturated heterocycles. The summed E-state index contributed by atoms with van der Waals surface area (Å²) in [5.41, 5.74) is -1.53. The number of nitro groups is 1. The number of halogens is 2. The van der Waals surface area contributed by atoms with Gasteiger partial charge in [0, 0.05) is 5.56 Å². The summed E-state index contributed by atoms with van der Waals surface area (Å²) in [4.78, 5) is 21.5. The van der Waals surface area contributed by atoms with Crippen LogP contribution in [0.15, 0.2) is 12.1 Å². The second kappa shape index (κ2) is 7.14. The summed E-state index contributed by atoms with van der Waals surface area (Å²) in [6.45, 7) is -1.58. The largest absolute Gasteiger partial charge is 0.466 e. The minimum absolute atomic E-state index is 0.0876. The zero-order valence-corrected chi connectivity index (χ0v) is 10.8. The third kappa shape index (κ3) is 4.10. The minimum atomic E-state index is -3.23. The van der Waals surface area contributed by atoms with Crippen LogP contribution in [0.1, 0.15) is 18.1 Å². The lowest BCUT2D eigenvalue weighted by Crippen LogP contribution is -2.11. The van der Waals surface area contributed by atoms with Gasteiger partial charge in [0.15, 0.2) is 11.3 Å². The fraction of sp³-hybridized carbons (Fsp3) is 0.333. The molecule has 0 aliphatic carbocycles. The summed E-state index contributed by atoms with van der Waals surface area (Å²) >= 11 is 0. The summed E-state index contributed by atoms with van der Waals surface area (Å²) in [5.74, 6) is -1.35. The van der Waals surface area contributed by atoms with Crippen LogP contribution < -0.4 is 4.74 Å². The highest BCUT2D eigenvalue weighted by molar-refractivity contribution is 5.76. The Hall–Kier alpha value is -2.76. The molecule has 7 nitrogen and oxygen atoms in total. The first-order chi connectivity index (χ1) is 9.90. The van der Waals surface area contributed by atoms with Gasteiger partial charge < -0.3 is 9.47 Å². The maximum absolute atomic E-state index is 12.2. The van der Waals surface area contributed by atoms with Crippen LogP contribution in [-0.4, -0.2) is 24.1 Å². The van der Waals surface area contributed by atoms with Crippen molar-refractivity contribution >= 4 is 11.7 Å². The van der Waals surface area contributed by atoms with Crippen LogP contribution in [0.4, 0.5) is 14.5 Å². The zero-order chi connectivity index (χ0) is 16.0. The predicted molar refractivity (Wildman–Crippen MR) is 64.8 cm³/mol. The van der Waals surface area contributed by atoms with Gasteiger partial charge in [-0.3, -0.25) is 14.9 Å². The lowest BCUT2D eigenvalue weighted by molar-refractivity contribution is -0.385. The van der Waals surface area contributed by atoms with Crippen LogP contribution in [0.25, 0.3) is 0 Å². The van der Waals surface area contributed by atoms with Crippen molar-refractivity contribution in [3.63, 3.8) is 0 Å². The van der Waals surface area contributed by atoms with E-state index in [-0.39, 0.29) is 12.2 Å². The Labute approximate surface area is 117 Å². The summed E-state index contributed by atoms with van der Waals surface area (Å²) in [5, 5.41) is 20.0. The summed E-state index contributed by atoms with van der Waals surface area (Å²) in [6, 6.07) is 3.50. The number of rotatable bonds is 6. The molecule has 1 aromatic carbocycles. The Balaban J connectivity index is 3.31. The molecule has 0 atom stereocenters. The van der Waals surface area contributed by atoms with Crippen molar-refractivity contribution in [2.45, 2.75) is 20.0 Å². The first-order valence-corrected chi connectivity index (χ1v) is 5.71. The highest BCUT2D eigenvalue weighted by Crippen LogP contribution is 2.32. The monoisotopic (exact) mass is 300 g/mol. The molecule has 0 saturated carbocycles.